The van der Waals surface area contributed by atoms with Crippen LogP contribution in [0.1, 0.15) is 50.5 Å². The predicted octanol–water partition coefficient (Wildman–Crippen LogP) is 3.10. The first-order valence-electron chi connectivity index (χ1n) is 7.60. The molecule has 2 rings (SSSR count). The number of likely N-dealkylation sites (tertiary alicyclic amines) is 1. The van der Waals surface area contributed by atoms with Crippen LogP contribution in [0.5, 0.6) is 0 Å². The number of halogens is 1. The molecule has 1 unspecified atom stereocenters. The molecule has 0 aliphatic carbocycles. The number of oxazole rings is 1. The van der Waals surface area contributed by atoms with Crippen LogP contribution in [0.15, 0.2) is 9.41 Å². The summed E-state index contributed by atoms with van der Waals surface area (Å²) in [7, 11) is 0. The fourth-order valence-corrected chi connectivity index (χ4v) is 2.61. The third-order valence-electron chi connectivity index (χ3n) is 3.77. The van der Waals surface area contributed by atoms with Gasteiger partial charge in [0.2, 0.25) is 0 Å². The standard InChI is InChI=1S/C15H26N4O.HI/c1-4-6-14-18-12(3)13(20-14)9-17-15(16)19-8-5-7-11(2)10-19;/h11H,4-10H2,1-3H3,(H2,16,17);1H. The molecule has 1 atom stereocenters. The number of hydrogen-bond donors (Lipinski definition) is 1. The van der Waals surface area contributed by atoms with Crippen LogP contribution in [-0.4, -0.2) is 28.9 Å². The van der Waals surface area contributed by atoms with Crippen LogP contribution >= 0.6 is 24.0 Å². The van der Waals surface area contributed by atoms with Crippen molar-refractivity contribution in [1.82, 2.24) is 9.88 Å². The molecule has 0 bridgehead atoms. The van der Waals surface area contributed by atoms with Crippen molar-refractivity contribution in [1.29, 1.82) is 0 Å². The monoisotopic (exact) mass is 406 g/mol. The Morgan fingerprint density at radius 2 is 2.29 bits per heavy atom. The Morgan fingerprint density at radius 1 is 1.52 bits per heavy atom. The van der Waals surface area contributed by atoms with Gasteiger partial charge in [-0.3, -0.25) is 0 Å². The predicted molar refractivity (Wildman–Crippen MR) is 95.9 cm³/mol. The SMILES string of the molecule is CCCc1nc(C)c(CN=C(N)N2CCCC(C)C2)o1.I. The lowest BCUT2D eigenvalue weighted by atomic mass is 10.0. The second-order valence-electron chi connectivity index (χ2n) is 5.73. The van der Waals surface area contributed by atoms with Gasteiger partial charge in [0.1, 0.15) is 12.3 Å². The van der Waals surface area contributed by atoms with Crippen LogP contribution in [0.4, 0.5) is 0 Å². The highest BCUT2D eigenvalue weighted by Gasteiger charge is 2.18. The number of hydrogen-bond acceptors (Lipinski definition) is 3. The summed E-state index contributed by atoms with van der Waals surface area (Å²) < 4.78 is 5.72. The lowest BCUT2D eigenvalue weighted by Crippen LogP contribution is -2.43. The van der Waals surface area contributed by atoms with Gasteiger partial charge in [-0.1, -0.05) is 13.8 Å². The summed E-state index contributed by atoms with van der Waals surface area (Å²) in [6.45, 7) is 8.85. The smallest absolute Gasteiger partial charge is 0.194 e. The summed E-state index contributed by atoms with van der Waals surface area (Å²) in [6.07, 6.45) is 4.39. The van der Waals surface area contributed by atoms with Crippen LogP contribution in [0, 0.1) is 12.8 Å². The molecule has 0 saturated carbocycles. The Labute approximate surface area is 144 Å². The van der Waals surface area contributed by atoms with Crippen molar-refractivity contribution in [3.8, 4) is 0 Å². The molecule has 21 heavy (non-hydrogen) atoms. The third kappa shape index (κ3) is 5.16. The van der Waals surface area contributed by atoms with Crippen LogP contribution in [0.2, 0.25) is 0 Å². The van der Waals surface area contributed by atoms with Crippen molar-refractivity contribution in [2.75, 3.05) is 13.1 Å². The zero-order valence-corrected chi connectivity index (χ0v) is 15.6. The second-order valence-corrected chi connectivity index (χ2v) is 5.73. The fraction of sp³-hybridized carbons (Fsp3) is 0.733. The van der Waals surface area contributed by atoms with Crippen molar-refractivity contribution in [2.45, 2.75) is 53.0 Å². The molecule has 6 heteroatoms. The van der Waals surface area contributed by atoms with Gasteiger partial charge in [0.05, 0.1) is 5.69 Å². The van der Waals surface area contributed by atoms with Gasteiger partial charge in [0, 0.05) is 19.5 Å². The molecule has 5 nitrogen and oxygen atoms in total. The van der Waals surface area contributed by atoms with Crippen molar-refractivity contribution in [3.63, 3.8) is 0 Å². The molecular weight excluding hydrogens is 379 g/mol. The summed E-state index contributed by atoms with van der Waals surface area (Å²) in [6, 6.07) is 0. The Kier molecular flexibility index (Phi) is 7.48. The lowest BCUT2D eigenvalue weighted by molar-refractivity contribution is 0.270. The molecule has 1 saturated heterocycles. The van der Waals surface area contributed by atoms with Crippen LogP contribution in [0.3, 0.4) is 0 Å². The first-order valence-corrected chi connectivity index (χ1v) is 7.60. The molecule has 1 aliphatic rings. The molecule has 1 fully saturated rings. The third-order valence-corrected chi connectivity index (χ3v) is 3.77. The Morgan fingerprint density at radius 3 is 2.95 bits per heavy atom. The summed E-state index contributed by atoms with van der Waals surface area (Å²) in [5, 5.41) is 0. The number of rotatable bonds is 4. The van der Waals surface area contributed by atoms with E-state index in [4.69, 9.17) is 10.2 Å². The molecular formula is C15H27IN4O. The van der Waals surface area contributed by atoms with E-state index in [0.29, 0.717) is 18.4 Å². The lowest BCUT2D eigenvalue weighted by Gasteiger charge is -2.31. The van der Waals surface area contributed by atoms with Gasteiger partial charge in [0.15, 0.2) is 11.9 Å². The minimum Gasteiger partial charge on any atom is -0.443 e. The summed E-state index contributed by atoms with van der Waals surface area (Å²) in [4.78, 5) is 11.1. The largest absolute Gasteiger partial charge is 0.443 e. The van der Waals surface area contributed by atoms with Crippen molar-refractivity contribution < 1.29 is 4.42 Å². The quantitative estimate of drug-likeness (QED) is 0.474. The van der Waals surface area contributed by atoms with Crippen LogP contribution in [0.25, 0.3) is 0 Å². The molecule has 2 heterocycles. The topological polar surface area (TPSA) is 67.7 Å². The number of aromatic nitrogens is 1. The van der Waals surface area contributed by atoms with Gasteiger partial charge in [0.25, 0.3) is 0 Å². The number of aryl methyl sites for hydroxylation is 2. The Hall–Kier alpha value is -0.790. The highest BCUT2D eigenvalue weighted by Crippen LogP contribution is 2.16. The maximum absolute atomic E-state index is 6.09. The molecule has 120 valence electrons. The number of guanidine groups is 1. The van der Waals surface area contributed by atoms with Gasteiger partial charge < -0.3 is 15.1 Å². The first-order chi connectivity index (χ1) is 9.60. The van der Waals surface area contributed by atoms with Gasteiger partial charge in [-0.25, -0.2) is 9.98 Å². The van der Waals surface area contributed by atoms with E-state index in [-0.39, 0.29) is 24.0 Å². The second kappa shape index (κ2) is 8.60. The van der Waals surface area contributed by atoms with E-state index in [2.05, 4.69) is 28.7 Å². The molecule has 0 amide bonds. The number of piperidine rings is 1. The maximum atomic E-state index is 6.09. The number of nitrogens with two attached hydrogens (primary N) is 1. The van der Waals surface area contributed by atoms with E-state index in [1.165, 1.54) is 12.8 Å². The molecule has 1 aliphatic heterocycles. The molecule has 1 aromatic heterocycles. The van der Waals surface area contributed by atoms with E-state index < -0.39 is 0 Å². The summed E-state index contributed by atoms with van der Waals surface area (Å²) in [5.74, 6) is 2.96. The van der Waals surface area contributed by atoms with Crippen molar-refractivity contribution in [3.05, 3.63) is 17.3 Å². The molecule has 0 spiro atoms. The zero-order valence-electron chi connectivity index (χ0n) is 13.3. The maximum Gasteiger partial charge on any atom is 0.194 e. The summed E-state index contributed by atoms with van der Waals surface area (Å²) >= 11 is 0. The highest BCUT2D eigenvalue weighted by atomic mass is 127. The Balaban J connectivity index is 0.00000220. The average Bonchev–Trinajstić information content (AvgIpc) is 2.77. The van der Waals surface area contributed by atoms with E-state index in [1.807, 2.05) is 6.92 Å². The average molecular weight is 406 g/mol. The minimum atomic E-state index is 0. The van der Waals surface area contributed by atoms with Gasteiger partial charge in [-0.05, 0) is 32.1 Å². The van der Waals surface area contributed by atoms with Crippen LogP contribution < -0.4 is 5.73 Å². The minimum absolute atomic E-state index is 0. The van der Waals surface area contributed by atoms with Gasteiger partial charge in [-0.2, -0.15) is 0 Å². The molecule has 0 aromatic carbocycles. The van der Waals surface area contributed by atoms with E-state index in [1.54, 1.807) is 0 Å². The first kappa shape index (κ1) is 18.3. The fourth-order valence-electron chi connectivity index (χ4n) is 2.61. The number of nitrogens with zero attached hydrogens (tertiary/aromatic N) is 3. The van der Waals surface area contributed by atoms with Crippen molar-refractivity contribution in [2.24, 2.45) is 16.6 Å². The number of aliphatic imine (C=N–C) groups is 1. The molecule has 2 N–H and O–H groups in total. The normalized spacial score (nSPS) is 19.5. The molecule has 0 radical (unpaired) electrons. The zero-order chi connectivity index (χ0) is 14.5. The molecule has 1 aromatic rings. The van der Waals surface area contributed by atoms with Gasteiger partial charge in [-0.15, -0.1) is 24.0 Å². The highest BCUT2D eigenvalue weighted by molar-refractivity contribution is 14.0. The van der Waals surface area contributed by atoms with E-state index in [9.17, 15) is 0 Å². The summed E-state index contributed by atoms with van der Waals surface area (Å²) in [5.41, 5.74) is 7.02. The van der Waals surface area contributed by atoms with Crippen molar-refractivity contribution >= 4 is 29.9 Å². The Bertz CT molecular complexity index is 472. The van der Waals surface area contributed by atoms with Crippen LogP contribution in [-0.2, 0) is 13.0 Å². The van der Waals surface area contributed by atoms with Gasteiger partial charge >= 0.3 is 0 Å². The van der Waals surface area contributed by atoms with E-state index in [0.717, 1.165) is 43.3 Å². The van der Waals surface area contributed by atoms with E-state index >= 15 is 0 Å².